The molecule has 1 aliphatic heterocycles. The van der Waals surface area contributed by atoms with E-state index >= 15 is 0 Å². The first kappa shape index (κ1) is 26.7. The second-order valence-corrected chi connectivity index (χ2v) is 9.46. The number of aryl methyl sites for hydroxylation is 2. The predicted octanol–water partition coefficient (Wildman–Crippen LogP) is 0.875. The molecule has 40 heavy (non-hydrogen) atoms. The maximum atomic E-state index is 13.2. The predicted molar refractivity (Wildman–Crippen MR) is 147 cm³/mol. The van der Waals surface area contributed by atoms with Crippen LogP contribution in [0.1, 0.15) is 17.5 Å². The van der Waals surface area contributed by atoms with Gasteiger partial charge >= 0.3 is 0 Å². The van der Waals surface area contributed by atoms with Crippen LogP contribution in [0.5, 0.6) is 0 Å². The number of carbonyl (C=O) groups is 4. The quantitative estimate of drug-likeness (QED) is 0.266. The van der Waals surface area contributed by atoms with Crippen LogP contribution in [0.2, 0.25) is 0 Å². The highest BCUT2D eigenvalue weighted by Crippen LogP contribution is 2.38. The smallest absolute Gasteiger partial charge is 0.259 e. The van der Waals surface area contributed by atoms with Gasteiger partial charge in [0.25, 0.3) is 11.8 Å². The Hall–Kier alpha value is -4.87. The highest BCUT2D eigenvalue weighted by atomic mass is 16.3. The van der Waals surface area contributed by atoms with Gasteiger partial charge in [-0.25, -0.2) is 0 Å². The van der Waals surface area contributed by atoms with E-state index in [-0.39, 0.29) is 24.1 Å². The van der Waals surface area contributed by atoms with E-state index in [9.17, 15) is 29.1 Å². The molecule has 1 atom stereocenters. The largest absolute Gasteiger partial charge is 0.394 e. The van der Waals surface area contributed by atoms with Gasteiger partial charge in [0.2, 0.25) is 18.1 Å². The molecule has 0 bridgehead atoms. The van der Waals surface area contributed by atoms with Gasteiger partial charge in [-0.05, 0) is 12.1 Å². The molecule has 5 rings (SSSR count). The van der Waals surface area contributed by atoms with Gasteiger partial charge in [-0.3, -0.25) is 34.2 Å². The SMILES string of the molecule is Cn1cc(C2=C(c3cn(CCC(=O)N(C[C]=O)C(=O)[C@@H](N)CO)c4ccccc34)C(=O)NC2=O)c2ccccc21. The van der Waals surface area contributed by atoms with E-state index < -0.39 is 42.8 Å². The van der Waals surface area contributed by atoms with Crippen LogP contribution in [-0.2, 0) is 37.6 Å². The Morgan fingerprint density at radius 2 is 1.55 bits per heavy atom. The summed E-state index contributed by atoms with van der Waals surface area (Å²) in [5.41, 5.74) is 8.81. The normalized spacial score (nSPS) is 14.2. The monoisotopic (exact) mass is 540 g/mol. The molecule has 3 heterocycles. The molecule has 0 aliphatic carbocycles. The second-order valence-electron chi connectivity index (χ2n) is 9.46. The Morgan fingerprint density at radius 3 is 2.17 bits per heavy atom. The van der Waals surface area contributed by atoms with Crippen LogP contribution >= 0.6 is 0 Å². The lowest BCUT2D eigenvalue weighted by atomic mass is 9.95. The number of aromatic nitrogens is 2. The first-order chi connectivity index (χ1) is 19.3. The van der Waals surface area contributed by atoms with Crippen molar-refractivity contribution in [3.05, 3.63) is 72.1 Å². The fraction of sp³-hybridized carbons (Fsp3) is 0.207. The highest BCUT2D eigenvalue weighted by Gasteiger charge is 2.35. The number of carbonyl (C=O) groups excluding carboxylic acids is 5. The summed E-state index contributed by atoms with van der Waals surface area (Å²) in [5.74, 6) is -2.56. The average Bonchev–Trinajstić information content (AvgIpc) is 3.59. The number of amides is 4. The molecular weight excluding hydrogens is 514 g/mol. The van der Waals surface area contributed by atoms with Crippen molar-refractivity contribution in [2.24, 2.45) is 12.8 Å². The number of hydrogen-bond donors (Lipinski definition) is 3. The topological polar surface area (TPSA) is 157 Å². The summed E-state index contributed by atoms with van der Waals surface area (Å²) >= 11 is 0. The molecule has 2 aromatic carbocycles. The molecular formula is C29H26N5O6. The first-order valence-corrected chi connectivity index (χ1v) is 12.5. The maximum absolute atomic E-state index is 13.2. The highest BCUT2D eigenvalue weighted by molar-refractivity contribution is 6.50. The van der Waals surface area contributed by atoms with Gasteiger partial charge in [-0.1, -0.05) is 36.4 Å². The number of hydrogen-bond acceptors (Lipinski definition) is 7. The molecule has 0 fully saturated rings. The van der Waals surface area contributed by atoms with Crippen LogP contribution in [-0.4, -0.2) is 68.2 Å². The number of nitrogens with one attached hydrogen (secondary N) is 1. The average molecular weight is 541 g/mol. The summed E-state index contributed by atoms with van der Waals surface area (Å²) in [6, 6.07) is 13.5. The molecule has 0 saturated heterocycles. The number of imide groups is 2. The van der Waals surface area contributed by atoms with Gasteiger partial charge < -0.3 is 20.0 Å². The van der Waals surface area contributed by atoms with Crippen LogP contribution < -0.4 is 11.1 Å². The van der Waals surface area contributed by atoms with Gasteiger partial charge in [0, 0.05) is 65.3 Å². The van der Waals surface area contributed by atoms with E-state index in [0.717, 1.165) is 10.9 Å². The molecule has 11 nitrogen and oxygen atoms in total. The summed E-state index contributed by atoms with van der Waals surface area (Å²) in [4.78, 5) is 63.2. The summed E-state index contributed by atoms with van der Waals surface area (Å²) in [6.07, 6.45) is 4.88. The molecule has 2 aromatic heterocycles. The Bertz CT molecular complexity index is 1730. The van der Waals surface area contributed by atoms with Crippen molar-refractivity contribution in [2.45, 2.75) is 19.0 Å². The third-order valence-corrected chi connectivity index (χ3v) is 7.03. The van der Waals surface area contributed by atoms with E-state index in [0.29, 0.717) is 26.9 Å². The Morgan fingerprint density at radius 1 is 0.975 bits per heavy atom. The van der Waals surface area contributed by atoms with Crippen LogP contribution in [0.25, 0.3) is 33.0 Å². The lowest BCUT2D eigenvalue weighted by Crippen LogP contribution is -2.49. The van der Waals surface area contributed by atoms with Crippen molar-refractivity contribution >= 4 is 62.9 Å². The lowest BCUT2D eigenvalue weighted by Gasteiger charge is -2.21. The number of aliphatic hydroxyl groups is 1. The van der Waals surface area contributed by atoms with E-state index in [2.05, 4.69) is 5.32 Å². The number of nitrogens with two attached hydrogens (primary N) is 1. The van der Waals surface area contributed by atoms with E-state index in [4.69, 9.17) is 5.73 Å². The number of para-hydroxylation sites is 2. The van der Waals surface area contributed by atoms with Crippen LogP contribution in [0, 0.1) is 0 Å². The first-order valence-electron chi connectivity index (χ1n) is 12.5. The van der Waals surface area contributed by atoms with Gasteiger partial charge in [-0.2, -0.15) is 0 Å². The van der Waals surface area contributed by atoms with Crippen LogP contribution in [0.4, 0.5) is 0 Å². The third kappa shape index (κ3) is 4.51. The number of nitrogens with zero attached hydrogens (tertiary/aromatic N) is 3. The molecule has 4 N–H and O–H groups in total. The molecule has 1 radical (unpaired) electrons. The van der Waals surface area contributed by atoms with Crippen LogP contribution in [0.15, 0.2) is 60.9 Å². The molecule has 203 valence electrons. The Balaban J connectivity index is 1.57. The Labute approximate surface area is 228 Å². The molecule has 4 aromatic rings. The van der Waals surface area contributed by atoms with Gasteiger partial charge in [0.15, 0.2) is 0 Å². The molecule has 1 aliphatic rings. The second kappa shape index (κ2) is 10.7. The fourth-order valence-electron chi connectivity index (χ4n) is 5.12. The van der Waals surface area contributed by atoms with Gasteiger partial charge in [0.05, 0.1) is 24.3 Å². The van der Waals surface area contributed by atoms with E-state index in [1.165, 1.54) is 6.29 Å². The van der Waals surface area contributed by atoms with Gasteiger partial charge in [-0.15, -0.1) is 0 Å². The van der Waals surface area contributed by atoms with Crippen molar-refractivity contribution in [1.29, 1.82) is 0 Å². The molecule has 0 saturated carbocycles. The Kier molecular flexibility index (Phi) is 7.16. The van der Waals surface area contributed by atoms with E-state index in [1.807, 2.05) is 66.3 Å². The van der Waals surface area contributed by atoms with Crippen molar-refractivity contribution in [3.63, 3.8) is 0 Å². The van der Waals surface area contributed by atoms with Crippen molar-refractivity contribution in [3.8, 4) is 0 Å². The third-order valence-electron chi connectivity index (χ3n) is 7.03. The number of aliphatic hydroxyl groups excluding tert-OH is 1. The summed E-state index contributed by atoms with van der Waals surface area (Å²) < 4.78 is 3.65. The standard InChI is InChI=1S/C29H26N5O6/c1-32-14-19(17-6-2-4-8-22(17)32)25-26(28(39)31-27(25)38)20-15-33(23-9-5-3-7-18(20)23)11-10-24(37)34(12-13-35)29(40)21(30)16-36/h2-9,14-15,21,36H,10-12,16,30H2,1H3,(H,31,38,39)/t21-/m0/s1. The molecule has 4 amide bonds. The molecule has 11 heteroatoms. The maximum Gasteiger partial charge on any atom is 0.259 e. The zero-order valence-corrected chi connectivity index (χ0v) is 21.6. The van der Waals surface area contributed by atoms with Crippen molar-refractivity contribution in [1.82, 2.24) is 19.4 Å². The fourth-order valence-corrected chi connectivity index (χ4v) is 5.12. The molecule has 0 spiro atoms. The lowest BCUT2D eigenvalue weighted by molar-refractivity contribution is -0.145. The van der Waals surface area contributed by atoms with E-state index in [1.54, 1.807) is 10.8 Å². The van der Waals surface area contributed by atoms with Crippen molar-refractivity contribution < 1.29 is 29.1 Å². The van der Waals surface area contributed by atoms with Crippen LogP contribution in [0.3, 0.4) is 0 Å². The summed E-state index contributed by atoms with van der Waals surface area (Å²) in [7, 11) is 1.87. The number of benzene rings is 2. The van der Waals surface area contributed by atoms with Gasteiger partial charge in [0.1, 0.15) is 6.04 Å². The minimum Gasteiger partial charge on any atom is -0.394 e. The summed E-state index contributed by atoms with van der Waals surface area (Å²) in [5, 5.41) is 13.2. The minimum atomic E-state index is -1.34. The number of fused-ring (bicyclic) bond motifs is 2. The van der Waals surface area contributed by atoms with Crippen molar-refractivity contribution in [2.75, 3.05) is 13.2 Å². The zero-order chi connectivity index (χ0) is 28.6. The minimum absolute atomic E-state index is 0.1000. The summed E-state index contributed by atoms with van der Waals surface area (Å²) in [6.45, 7) is -1.18. The zero-order valence-electron chi connectivity index (χ0n) is 21.6. The molecule has 0 unspecified atom stereocenters. The number of rotatable bonds is 9.